The molecule has 1 nitrogen and oxygen atoms in total. The second-order valence-corrected chi connectivity index (χ2v) is 6.58. The summed E-state index contributed by atoms with van der Waals surface area (Å²) in [5.74, 6) is -0.311. The van der Waals surface area contributed by atoms with Crippen molar-refractivity contribution in [3.63, 3.8) is 0 Å². The molecule has 0 fully saturated rings. The zero-order valence-electron chi connectivity index (χ0n) is 10.1. The molecule has 2 aromatic carbocycles. The van der Waals surface area contributed by atoms with E-state index >= 15 is 0 Å². The fourth-order valence-corrected chi connectivity index (χ4v) is 3.23. The number of carbonyl (C=O) groups excluding carboxylic acids is 1. The van der Waals surface area contributed by atoms with Gasteiger partial charge in [0, 0.05) is 10.0 Å². The number of rotatable bonds is 2. The zero-order valence-corrected chi connectivity index (χ0v) is 14.7. The summed E-state index contributed by atoms with van der Waals surface area (Å²) in [6.45, 7) is 1.89. The number of halogens is 5. The predicted octanol–water partition coefficient (Wildman–Crippen LogP) is 6.60. The summed E-state index contributed by atoms with van der Waals surface area (Å²) >= 11 is 27.4. The number of aryl methyl sites for hydroxylation is 1. The molecule has 0 aliphatic rings. The first kappa shape index (κ1) is 16.1. The van der Waals surface area contributed by atoms with Gasteiger partial charge in [0.15, 0.2) is 5.78 Å². The number of hydrogen-bond donors (Lipinski definition) is 0. The van der Waals surface area contributed by atoms with E-state index in [-0.39, 0.29) is 31.4 Å². The van der Waals surface area contributed by atoms with E-state index in [1.54, 1.807) is 12.1 Å². The van der Waals surface area contributed by atoms with Crippen molar-refractivity contribution >= 4 is 68.1 Å². The molecule has 0 spiro atoms. The third-order valence-electron chi connectivity index (χ3n) is 2.71. The maximum absolute atomic E-state index is 12.6. The van der Waals surface area contributed by atoms with Gasteiger partial charge in [-0.15, -0.1) is 0 Å². The highest BCUT2D eigenvalue weighted by Crippen LogP contribution is 2.39. The monoisotopic (exact) mass is 410 g/mol. The normalized spacial score (nSPS) is 10.7. The predicted molar refractivity (Wildman–Crippen MR) is 88.8 cm³/mol. The molecular formula is C14H7BrCl4O. The Kier molecular flexibility index (Phi) is 5.04. The molecule has 0 heterocycles. The number of benzene rings is 2. The molecule has 0 N–H and O–H groups in total. The van der Waals surface area contributed by atoms with Crippen LogP contribution in [0.5, 0.6) is 0 Å². The Balaban J connectivity index is 2.66. The molecule has 2 rings (SSSR count). The molecule has 104 valence electrons. The van der Waals surface area contributed by atoms with Crippen molar-refractivity contribution in [1.82, 2.24) is 0 Å². The molecule has 0 saturated heterocycles. The van der Waals surface area contributed by atoms with Gasteiger partial charge >= 0.3 is 0 Å². The van der Waals surface area contributed by atoms with Gasteiger partial charge in [-0.25, -0.2) is 0 Å². The van der Waals surface area contributed by atoms with E-state index < -0.39 is 0 Å². The van der Waals surface area contributed by atoms with Crippen molar-refractivity contribution in [2.24, 2.45) is 0 Å². The first-order chi connectivity index (χ1) is 9.32. The number of ketones is 1. The minimum absolute atomic E-state index is 0.0579. The fraction of sp³-hybridized carbons (Fsp3) is 0.0714. The molecule has 0 amide bonds. The standard InChI is InChI=1S/C14H7BrCl4O/c1-6-2-3-8(15)7(4-6)14(20)11-9(16)5-10(17)12(18)13(11)19/h2-5H,1H3. The highest BCUT2D eigenvalue weighted by molar-refractivity contribution is 9.10. The minimum atomic E-state index is -0.311. The van der Waals surface area contributed by atoms with Crippen molar-refractivity contribution < 1.29 is 4.79 Å². The van der Waals surface area contributed by atoms with E-state index in [9.17, 15) is 4.79 Å². The molecule has 0 atom stereocenters. The van der Waals surface area contributed by atoms with Gasteiger partial charge in [-0.05, 0) is 25.1 Å². The molecule has 0 bridgehead atoms. The number of hydrogen-bond acceptors (Lipinski definition) is 1. The quantitative estimate of drug-likeness (QED) is 0.308. The lowest BCUT2D eigenvalue weighted by atomic mass is 10.0. The molecule has 0 aromatic heterocycles. The zero-order chi connectivity index (χ0) is 15.0. The van der Waals surface area contributed by atoms with E-state index in [0.717, 1.165) is 5.56 Å². The van der Waals surface area contributed by atoms with Crippen LogP contribution in [0, 0.1) is 6.92 Å². The summed E-state index contributed by atoms with van der Waals surface area (Å²) in [5, 5.41) is 0.553. The van der Waals surface area contributed by atoms with Crippen LogP contribution >= 0.6 is 62.3 Å². The van der Waals surface area contributed by atoms with Crippen molar-refractivity contribution in [3.05, 3.63) is 65.5 Å². The maximum atomic E-state index is 12.6. The van der Waals surface area contributed by atoms with Gasteiger partial charge in [0.1, 0.15) is 0 Å². The highest BCUT2D eigenvalue weighted by atomic mass is 79.9. The fourth-order valence-electron chi connectivity index (χ4n) is 1.72. The Morgan fingerprint density at radius 1 is 1.00 bits per heavy atom. The Labute approximate surface area is 144 Å². The maximum Gasteiger partial charge on any atom is 0.197 e. The largest absolute Gasteiger partial charge is 0.288 e. The minimum Gasteiger partial charge on any atom is -0.288 e. The molecule has 0 aliphatic carbocycles. The van der Waals surface area contributed by atoms with Gasteiger partial charge in [0.05, 0.1) is 25.7 Å². The van der Waals surface area contributed by atoms with Crippen LogP contribution in [0.3, 0.4) is 0 Å². The van der Waals surface area contributed by atoms with Crippen LogP contribution in [0.4, 0.5) is 0 Å². The number of carbonyl (C=O) groups is 1. The van der Waals surface area contributed by atoms with Crippen LogP contribution < -0.4 is 0 Å². The molecule has 0 saturated carbocycles. The molecule has 0 unspecified atom stereocenters. The Hall–Kier alpha value is -0.250. The van der Waals surface area contributed by atoms with E-state index in [1.807, 2.05) is 13.0 Å². The lowest BCUT2D eigenvalue weighted by molar-refractivity contribution is 0.103. The molecule has 0 radical (unpaired) electrons. The average Bonchev–Trinajstić information content (AvgIpc) is 2.39. The summed E-state index contributed by atoms with van der Waals surface area (Å²) in [6.07, 6.45) is 0. The van der Waals surface area contributed by atoms with E-state index in [1.165, 1.54) is 6.07 Å². The van der Waals surface area contributed by atoms with Gasteiger partial charge < -0.3 is 0 Å². The van der Waals surface area contributed by atoms with E-state index in [2.05, 4.69) is 15.9 Å². The molecule has 0 aliphatic heterocycles. The van der Waals surface area contributed by atoms with Crippen LogP contribution in [-0.4, -0.2) is 5.78 Å². The Bertz CT molecular complexity index is 713. The second-order valence-electron chi connectivity index (χ2n) is 4.16. The van der Waals surface area contributed by atoms with Crippen LogP contribution in [0.25, 0.3) is 0 Å². The van der Waals surface area contributed by atoms with Crippen LogP contribution in [0.15, 0.2) is 28.7 Å². The Morgan fingerprint density at radius 3 is 2.30 bits per heavy atom. The van der Waals surface area contributed by atoms with Crippen molar-refractivity contribution in [2.75, 3.05) is 0 Å². The molecule has 20 heavy (non-hydrogen) atoms. The van der Waals surface area contributed by atoms with Gasteiger partial charge in [-0.2, -0.15) is 0 Å². The third-order valence-corrected chi connectivity index (χ3v) is 4.96. The van der Waals surface area contributed by atoms with E-state index in [4.69, 9.17) is 46.4 Å². The lowest BCUT2D eigenvalue weighted by Crippen LogP contribution is -2.05. The smallest absolute Gasteiger partial charge is 0.197 e. The summed E-state index contributed by atoms with van der Waals surface area (Å²) in [7, 11) is 0. The van der Waals surface area contributed by atoms with Gasteiger partial charge in [-0.1, -0.05) is 74.0 Å². The van der Waals surface area contributed by atoms with Crippen LogP contribution in [0.1, 0.15) is 21.5 Å². The average molecular weight is 413 g/mol. The lowest BCUT2D eigenvalue weighted by Gasteiger charge is -2.11. The second kappa shape index (κ2) is 6.25. The third kappa shape index (κ3) is 3.00. The first-order valence-electron chi connectivity index (χ1n) is 5.46. The van der Waals surface area contributed by atoms with Crippen molar-refractivity contribution in [2.45, 2.75) is 6.92 Å². The summed E-state index contributed by atoms with van der Waals surface area (Å²) in [5.41, 5.74) is 1.56. The Morgan fingerprint density at radius 2 is 1.65 bits per heavy atom. The van der Waals surface area contributed by atoms with Crippen LogP contribution in [-0.2, 0) is 0 Å². The van der Waals surface area contributed by atoms with Crippen molar-refractivity contribution in [3.8, 4) is 0 Å². The SMILES string of the molecule is Cc1ccc(Br)c(C(=O)c2c(Cl)cc(Cl)c(Cl)c2Cl)c1. The molecule has 2 aromatic rings. The summed E-state index contributed by atoms with van der Waals surface area (Å²) in [6, 6.07) is 6.84. The van der Waals surface area contributed by atoms with E-state index in [0.29, 0.717) is 10.0 Å². The van der Waals surface area contributed by atoms with Gasteiger partial charge in [0.2, 0.25) is 0 Å². The molecular weight excluding hydrogens is 406 g/mol. The van der Waals surface area contributed by atoms with Crippen molar-refractivity contribution in [1.29, 1.82) is 0 Å². The van der Waals surface area contributed by atoms with Crippen LogP contribution in [0.2, 0.25) is 20.1 Å². The summed E-state index contributed by atoms with van der Waals surface area (Å²) in [4.78, 5) is 12.6. The highest BCUT2D eigenvalue weighted by Gasteiger charge is 2.22. The first-order valence-corrected chi connectivity index (χ1v) is 7.77. The molecule has 6 heteroatoms. The van der Waals surface area contributed by atoms with Gasteiger partial charge in [-0.3, -0.25) is 4.79 Å². The topological polar surface area (TPSA) is 17.1 Å². The van der Waals surface area contributed by atoms with Gasteiger partial charge in [0.25, 0.3) is 0 Å². The summed E-state index contributed by atoms with van der Waals surface area (Å²) < 4.78 is 0.659.